The largest absolute Gasteiger partial charge is 0.459 e. The summed E-state index contributed by atoms with van der Waals surface area (Å²) in [6, 6.07) is 8.94. The van der Waals surface area contributed by atoms with Crippen molar-refractivity contribution >= 4 is 11.0 Å². The zero-order valence-electron chi connectivity index (χ0n) is 13.0. The van der Waals surface area contributed by atoms with Crippen LogP contribution in [0.3, 0.4) is 0 Å². The van der Waals surface area contributed by atoms with E-state index in [1.807, 2.05) is 12.1 Å². The van der Waals surface area contributed by atoms with Crippen LogP contribution in [-0.2, 0) is 17.9 Å². The van der Waals surface area contributed by atoms with Gasteiger partial charge in [-0.25, -0.2) is 0 Å². The van der Waals surface area contributed by atoms with E-state index in [1.54, 1.807) is 0 Å². The van der Waals surface area contributed by atoms with Gasteiger partial charge >= 0.3 is 0 Å². The first-order valence-electron chi connectivity index (χ1n) is 8.12. The highest BCUT2D eigenvalue weighted by Crippen LogP contribution is 2.28. The summed E-state index contributed by atoms with van der Waals surface area (Å²) >= 11 is 0. The number of para-hydroxylation sites is 1. The van der Waals surface area contributed by atoms with Crippen LogP contribution in [0.1, 0.15) is 50.9 Å². The van der Waals surface area contributed by atoms with Crippen molar-refractivity contribution in [3.05, 3.63) is 35.6 Å². The average molecular weight is 287 g/mol. The molecule has 1 atom stereocenters. The Bertz CT molecular complexity index is 586. The van der Waals surface area contributed by atoms with Gasteiger partial charge in [0.2, 0.25) is 0 Å². The Labute approximate surface area is 126 Å². The fraction of sp³-hybridized carbons (Fsp3) is 0.556. The van der Waals surface area contributed by atoms with E-state index in [-0.39, 0.29) is 0 Å². The molecule has 1 aromatic heterocycles. The van der Waals surface area contributed by atoms with Gasteiger partial charge in [-0.15, -0.1) is 0 Å². The summed E-state index contributed by atoms with van der Waals surface area (Å²) in [5.74, 6) is 1.03. The number of ether oxygens (including phenoxy) is 1. The second-order valence-electron chi connectivity index (χ2n) is 6.07. The van der Waals surface area contributed by atoms with Crippen LogP contribution in [0, 0.1) is 0 Å². The van der Waals surface area contributed by atoms with Crippen LogP contribution in [0.5, 0.6) is 0 Å². The monoisotopic (exact) mass is 287 g/mol. The van der Waals surface area contributed by atoms with Crippen molar-refractivity contribution in [2.45, 2.75) is 64.8 Å². The molecule has 114 valence electrons. The molecule has 0 amide bonds. The second-order valence-corrected chi connectivity index (χ2v) is 6.07. The average Bonchev–Trinajstić information content (AvgIpc) is 3.24. The minimum atomic E-state index is 0.299. The number of furan rings is 1. The van der Waals surface area contributed by atoms with Crippen molar-refractivity contribution in [3.8, 4) is 0 Å². The third-order valence-corrected chi connectivity index (χ3v) is 4.12. The normalized spacial score (nSPS) is 16.5. The van der Waals surface area contributed by atoms with Gasteiger partial charge in [0.15, 0.2) is 0 Å². The van der Waals surface area contributed by atoms with E-state index < -0.39 is 0 Å². The molecule has 1 heterocycles. The molecule has 1 aliphatic rings. The van der Waals surface area contributed by atoms with Crippen LogP contribution >= 0.6 is 0 Å². The Balaban J connectivity index is 1.76. The summed E-state index contributed by atoms with van der Waals surface area (Å²) in [5.41, 5.74) is 2.17. The fourth-order valence-electron chi connectivity index (χ4n) is 2.69. The molecule has 1 aromatic carbocycles. The van der Waals surface area contributed by atoms with Crippen molar-refractivity contribution in [2.75, 3.05) is 0 Å². The maximum absolute atomic E-state index is 6.03. The summed E-state index contributed by atoms with van der Waals surface area (Å²) in [6.07, 6.45) is 5.14. The predicted octanol–water partition coefficient (Wildman–Crippen LogP) is 4.39. The van der Waals surface area contributed by atoms with Crippen LogP contribution in [0.15, 0.2) is 28.7 Å². The van der Waals surface area contributed by atoms with E-state index in [0.29, 0.717) is 18.8 Å². The van der Waals surface area contributed by atoms with Crippen molar-refractivity contribution in [3.63, 3.8) is 0 Å². The molecule has 3 rings (SSSR count). The minimum absolute atomic E-state index is 0.299. The Morgan fingerprint density at radius 2 is 2.14 bits per heavy atom. The summed E-state index contributed by atoms with van der Waals surface area (Å²) in [5, 5.41) is 4.73. The Morgan fingerprint density at radius 1 is 1.33 bits per heavy atom. The van der Waals surface area contributed by atoms with Gasteiger partial charge in [-0.3, -0.25) is 0 Å². The molecule has 1 saturated carbocycles. The van der Waals surface area contributed by atoms with Gasteiger partial charge in [-0.2, -0.15) is 0 Å². The summed E-state index contributed by atoms with van der Waals surface area (Å²) < 4.78 is 12.0. The lowest BCUT2D eigenvalue weighted by Crippen LogP contribution is -2.16. The maximum atomic E-state index is 6.03. The van der Waals surface area contributed by atoms with Crippen molar-refractivity contribution in [1.82, 2.24) is 5.32 Å². The molecular formula is C18H25NO2. The zero-order chi connectivity index (χ0) is 14.7. The number of nitrogens with one attached hydrogen (secondary N) is 1. The summed E-state index contributed by atoms with van der Waals surface area (Å²) in [4.78, 5) is 0. The molecule has 1 fully saturated rings. The first-order valence-corrected chi connectivity index (χ1v) is 8.12. The van der Waals surface area contributed by atoms with E-state index in [2.05, 4.69) is 31.3 Å². The van der Waals surface area contributed by atoms with Gasteiger partial charge in [0, 0.05) is 17.0 Å². The van der Waals surface area contributed by atoms with Crippen LogP contribution in [0.4, 0.5) is 0 Å². The molecule has 1 unspecified atom stereocenters. The fourth-order valence-corrected chi connectivity index (χ4v) is 2.69. The molecule has 0 bridgehead atoms. The number of fused-ring (bicyclic) bond motifs is 1. The lowest BCUT2D eigenvalue weighted by Gasteiger charge is -2.12. The SMILES string of the molecule is CCCC(C)OCc1c(CNC2CC2)oc2ccccc12. The van der Waals surface area contributed by atoms with E-state index in [1.165, 1.54) is 23.8 Å². The van der Waals surface area contributed by atoms with Crippen molar-refractivity contribution < 1.29 is 9.15 Å². The van der Waals surface area contributed by atoms with Crippen LogP contribution in [-0.4, -0.2) is 12.1 Å². The molecule has 0 spiro atoms. The Hall–Kier alpha value is -1.32. The molecule has 0 radical (unpaired) electrons. The molecule has 1 N–H and O–H groups in total. The van der Waals surface area contributed by atoms with E-state index >= 15 is 0 Å². The van der Waals surface area contributed by atoms with Gasteiger partial charge in [0.05, 0.1) is 19.3 Å². The van der Waals surface area contributed by atoms with Gasteiger partial charge in [0.25, 0.3) is 0 Å². The quantitative estimate of drug-likeness (QED) is 0.782. The molecule has 1 aliphatic carbocycles. The standard InChI is InChI=1S/C18H25NO2/c1-3-6-13(2)20-12-16-15-7-4-5-8-17(15)21-18(16)11-19-14-9-10-14/h4-5,7-8,13-14,19H,3,6,9-12H2,1-2H3. The van der Waals surface area contributed by atoms with E-state index in [9.17, 15) is 0 Å². The number of hydrogen-bond donors (Lipinski definition) is 1. The molecular weight excluding hydrogens is 262 g/mol. The van der Waals surface area contributed by atoms with Gasteiger partial charge in [0.1, 0.15) is 11.3 Å². The number of benzene rings is 1. The first kappa shape index (κ1) is 14.6. The lowest BCUT2D eigenvalue weighted by molar-refractivity contribution is 0.0468. The number of hydrogen-bond acceptors (Lipinski definition) is 3. The zero-order valence-corrected chi connectivity index (χ0v) is 13.0. The number of rotatable bonds is 8. The molecule has 3 nitrogen and oxygen atoms in total. The van der Waals surface area contributed by atoms with Crippen molar-refractivity contribution in [2.24, 2.45) is 0 Å². The van der Waals surface area contributed by atoms with Crippen LogP contribution in [0.2, 0.25) is 0 Å². The van der Waals surface area contributed by atoms with E-state index in [0.717, 1.165) is 30.7 Å². The second kappa shape index (κ2) is 6.63. The third kappa shape index (κ3) is 3.66. The highest BCUT2D eigenvalue weighted by atomic mass is 16.5. The van der Waals surface area contributed by atoms with Gasteiger partial charge < -0.3 is 14.5 Å². The summed E-state index contributed by atoms with van der Waals surface area (Å²) in [6.45, 7) is 5.78. The predicted molar refractivity (Wildman–Crippen MR) is 85.2 cm³/mol. The van der Waals surface area contributed by atoms with Crippen LogP contribution < -0.4 is 5.32 Å². The molecule has 0 aliphatic heterocycles. The van der Waals surface area contributed by atoms with Crippen molar-refractivity contribution in [1.29, 1.82) is 0 Å². The highest BCUT2D eigenvalue weighted by Gasteiger charge is 2.22. The third-order valence-electron chi connectivity index (χ3n) is 4.12. The highest BCUT2D eigenvalue weighted by molar-refractivity contribution is 5.82. The molecule has 21 heavy (non-hydrogen) atoms. The topological polar surface area (TPSA) is 34.4 Å². The maximum Gasteiger partial charge on any atom is 0.134 e. The molecule has 3 heteroatoms. The minimum Gasteiger partial charge on any atom is -0.459 e. The van der Waals surface area contributed by atoms with Gasteiger partial charge in [-0.05, 0) is 32.3 Å². The first-order chi connectivity index (χ1) is 10.3. The van der Waals surface area contributed by atoms with Gasteiger partial charge in [-0.1, -0.05) is 31.5 Å². The van der Waals surface area contributed by atoms with E-state index in [4.69, 9.17) is 9.15 Å². The molecule has 2 aromatic rings. The smallest absolute Gasteiger partial charge is 0.134 e. The Morgan fingerprint density at radius 3 is 2.90 bits per heavy atom. The Kier molecular flexibility index (Phi) is 4.61. The summed E-state index contributed by atoms with van der Waals surface area (Å²) in [7, 11) is 0. The lowest BCUT2D eigenvalue weighted by atomic mass is 10.1. The van der Waals surface area contributed by atoms with Crippen LogP contribution in [0.25, 0.3) is 11.0 Å². The molecule has 0 saturated heterocycles.